The number of aromatic nitrogens is 4. The Labute approximate surface area is 142 Å². The van der Waals surface area contributed by atoms with E-state index < -0.39 is 0 Å². The van der Waals surface area contributed by atoms with Crippen LogP contribution in [-0.4, -0.2) is 20.0 Å². The van der Waals surface area contributed by atoms with Crippen LogP contribution in [0, 0.1) is 12.8 Å². The highest BCUT2D eigenvalue weighted by Crippen LogP contribution is 2.35. The second-order valence-electron chi connectivity index (χ2n) is 6.00. The van der Waals surface area contributed by atoms with Crippen molar-refractivity contribution < 1.29 is 4.74 Å². The summed E-state index contributed by atoms with van der Waals surface area (Å²) in [6.45, 7) is 3.43. The third kappa shape index (κ3) is 2.95. The molecule has 118 valence electrons. The maximum Gasteiger partial charge on any atom is 0.136 e. The molecule has 2 aromatic heterocycles. The number of pyridine rings is 1. The first kappa shape index (κ1) is 14.6. The lowest BCUT2D eigenvalue weighted by Crippen LogP contribution is -2.02. The van der Waals surface area contributed by atoms with Crippen molar-refractivity contribution in [3.63, 3.8) is 0 Å². The summed E-state index contributed by atoms with van der Waals surface area (Å²) in [5.41, 5.74) is 3.97. The van der Waals surface area contributed by atoms with Crippen LogP contribution < -0.4 is 4.74 Å². The Morgan fingerprint density at radius 1 is 1.30 bits per heavy atom. The highest BCUT2D eigenvalue weighted by atomic mass is 79.9. The largest absolute Gasteiger partial charge is 0.488 e. The SMILES string of the molecule is Cc1ncccc1COc1ccc2c(nnn2CC2CC2)c1Br. The topological polar surface area (TPSA) is 52.8 Å². The summed E-state index contributed by atoms with van der Waals surface area (Å²) in [6.07, 6.45) is 4.39. The summed E-state index contributed by atoms with van der Waals surface area (Å²) in [4.78, 5) is 4.28. The van der Waals surface area contributed by atoms with Gasteiger partial charge in [0.25, 0.3) is 0 Å². The molecule has 2 heterocycles. The fraction of sp³-hybridized carbons (Fsp3) is 0.353. The van der Waals surface area contributed by atoms with E-state index in [0.717, 1.165) is 45.0 Å². The van der Waals surface area contributed by atoms with Crippen molar-refractivity contribution in [2.45, 2.75) is 32.9 Å². The van der Waals surface area contributed by atoms with E-state index >= 15 is 0 Å². The van der Waals surface area contributed by atoms with Crippen LogP contribution in [0.1, 0.15) is 24.1 Å². The van der Waals surface area contributed by atoms with Gasteiger partial charge in [0.2, 0.25) is 0 Å². The standard InChI is InChI=1S/C17H17BrN4O/c1-11-13(3-2-8-19-11)10-23-15-7-6-14-17(16(15)18)20-21-22(14)9-12-4-5-12/h2-3,6-8,12H,4-5,9-10H2,1H3. The molecule has 0 radical (unpaired) electrons. The van der Waals surface area contributed by atoms with E-state index in [1.165, 1.54) is 12.8 Å². The second kappa shape index (κ2) is 5.92. The van der Waals surface area contributed by atoms with Crippen LogP contribution in [0.2, 0.25) is 0 Å². The molecule has 5 nitrogen and oxygen atoms in total. The molecular weight excluding hydrogens is 356 g/mol. The molecule has 0 amide bonds. The van der Waals surface area contributed by atoms with Crippen LogP contribution >= 0.6 is 15.9 Å². The maximum atomic E-state index is 5.95. The lowest BCUT2D eigenvalue weighted by atomic mass is 10.2. The molecule has 0 spiro atoms. The number of rotatable bonds is 5. The zero-order valence-electron chi connectivity index (χ0n) is 12.9. The molecule has 3 aromatic rings. The number of hydrogen-bond donors (Lipinski definition) is 0. The molecule has 1 aromatic carbocycles. The van der Waals surface area contributed by atoms with E-state index in [9.17, 15) is 0 Å². The maximum absolute atomic E-state index is 5.95. The van der Waals surface area contributed by atoms with Crippen LogP contribution in [0.5, 0.6) is 5.75 Å². The molecule has 1 saturated carbocycles. The molecule has 0 N–H and O–H groups in total. The Morgan fingerprint density at radius 3 is 2.96 bits per heavy atom. The molecule has 4 rings (SSSR count). The summed E-state index contributed by atoms with van der Waals surface area (Å²) in [5, 5.41) is 8.59. The summed E-state index contributed by atoms with van der Waals surface area (Å²) in [6, 6.07) is 7.97. The van der Waals surface area contributed by atoms with Crippen LogP contribution in [0.4, 0.5) is 0 Å². The number of nitrogens with zero attached hydrogens (tertiary/aromatic N) is 4. The van der Waals surface area contributed by atoms with Crippen LogP contribution in [-0.2, 0) is 13.2 Å². The van der Waals surface area contributed by atoms with Gasteiger partial charge in [-0.25, -0.2) is 4.68 Å². The smallest absolute Gasteiger partial charge is 0.136 e. The Hall–Kier alpha value is -1.95. The van der Waals surface area contributed by atoms with Gasteiger partial charge in [-0.05, 0) is 59.8 Å². The fourth-order valence-corrected chi connectivity index (χ4v) is 3.13. The Bertz CT molecular complexity index is 857. The van der Waals surface area contributed by atoms with Crippen LogP contribution in [0.15, 0.2) is 34.9 Å². The highest BCUT2D eigenvalue weighted by Gasteiger charge is 2.23. The highest BCUT2D eigenvalue weighted by molar-refractivity contribution is 9.10. The fourth-order valence-electron chi connectivity index (χ4n) is 2.60. The van der Waals surface area contributed by atoms with E-state index in [-0.39, 0.29) is 0 Å². The van der Waals surface area contributed by atoms with Gasteiger partial charge >= 0.3 is 0 Å². The molecule has 0 aliphatic heterocycles. The summed E-state index contributed by atoms with van der Waals surface area (Å²) in [7, 11) is 0. The van der Waals surface area contributed by atoms with Gasteiger partial charge in [-0.3, -0.25) is 4.98 Å². The van der Waals surface area contributed by atoms with Crippen molar-refractivity contribution in [1.82, 2.24) is 20.0 Å². The van der Waals surface area contributed by atoms with Crippen LogP contribution in [0.25, 0.3) is 11.0 Å². The summed E-state index contributed by atoms with van der Waals surface area (Å²) < 4.78 is 8.80. The third-order valence-electron chi connectivity index (χ3n) is 4.22. The number of halogens is 1. The zero-order chi connectivity index (χ0) is 15.8. The van der Waals surface area contributed by atoms with E-state index in [4.69, 9.17) is 4.74 Å². The Morgan fingerprint density at radius 2 is 2.17 bits per heavy atom. The lowest BCUT2D eigenvalue weighted by molar-refractivity contribution is 0.303. The first-order valence-corrected chi connectivity index (χ1v) is 8.56. The van der Waals surface area contributed by atoms with Gasteiger partial charge < -0.3 is 4.74 Å². The monoisotopic (exact) mass is 372 g/mol. The zero-order valence-corrected chi connectivity index (χ0v) is 14.5. The third-order valence-corrected chi connectivity index (χ3v) is 4.98. The predicted octanol–water partition coefficient (Wildman–Crippen LogP) is 3.89. The first-order valence-electron chi connectivity index (χ1n) is 7.77. The molecule has 0 bridgehead atoms. The van der Waals surface area contributed by atoms with Crippen molar-refractivity contribution in [2.75, 3.05) is 0 Å². The summed E-state index contributed by atoms with van der Waals surface area (Å²) >= 11 is 3.61. The number of hydrogen-bond acceptors (Lipinski definition) is 4. The van der Waals surface area contributed by atoms with E-state index in [2.05, 4.69) is 31.2 Å². The van der Waals surface area contributed by atoms with Crippen molar-refractivity contribution in [3.05, 3.63) is 46.2 Å². The first-order chi connectivity index (χ1) is 11.2. The molecule has 0 unspecified atom stereocenters. The number of aryl methyl sites for hydroxylation is 1. The van der Waals surface area contributed by atoms with Gasteiger partial charge in [0.05, 0.1) is 9.99 Å². The molecule has 1 fully saturated rings. The predicted molar refractivity (Wildman–Crippen MR) is 91.3 cm³/mol. The van der Waals surface area contributed by atoms with Crippen LogP contribution in [0.3, 0.4) is 0 Å². The number of fused-ring (bicyclic) bond motifs is 1. The number of benzene rings is 1. The normalized spacial score (nSPS) is 14.3. The van der Waals surface area contributed by atoms with Crippen molar-refractivity contribution in [1.29, 1.82) is 0 Å². The average molecular weight is 373 g/mol. The second-order valence-corrected chi connectivity index (χ2v) is 6.79. The molecule has 23 heavy (non-hydrogen) atoms. The molecular formula is C17H17BrN4O. The molecule has 1 aliphatic carbocycles. The molecule has 0 atom stereocenters. The minimum absolute atomic E-state index is 0.486. The number of ether oxygens (including phenoxy) is 1. The van der Waals surface area contributed by atoms with Gasteiger partial charge in [0.15, 0.2) is 0 Å². The average Bonchev–Trinajstić information content (AvgIpc) is 3.27. The minimum Gasteiger partial charge on any atom is -0.488 e. The quantitative estimate of drug-likeness (QED) is 0.681. The molecule has 6 heteroatoms. The Kier molecular flexibility index (Phi) is 3.77. The van der Waals surface area contributed by atoms with Gasteiger partial charge in [-0.15, -0.1) is 5.10 Å². The van der Waals surface area contributed by atoms with Gasteiger partial charge in [0, 0.05) is 24.0 Å². The van der Waals surface area contributed by atoms with Gasteiger partial charge in [0.1, 0.15) is 17.9 Å². The summed E-state index contributed by atoms with van der Waals surface area (Å²) in [5.74, 6) is 1.54. The molecule has 1 aliphatic rings. The minimum atomic E-state index is 0.486. The van der Waals surface area contributed by atoms with Gasteiger partial charge in [-0.2, -0.15) is 0 Å². The molecule has 0 saturated heterocycles. The van der Waals surface area contributed by atoms with E-state index in [1.807, 2.05) is 35.9 Å². The van der Waals surface area contributed by atoms with E-state index in [0.29, 0.717) is 6.61 Å². The Balaban J connectivity index is 1.58. The van der Waals surface area contributed by atoms with E-state index in [1.54, 1.807) is 6.20 Å². The van der Waals surface area contributed by atoms with Crippen molar-refractivity contribution >= 4 is 27.0 Å². The van der Waals surface area contributed by atoms with Gasteiger partial charge in [-0.1, -0.05) is 11.3 Å². The lowest BCUT2D eigenvalue weighted by Gasteiger charge is -2.10. The van der Waals surface area contributed by atoms with Crippen molar-refractivity contribution in [2.24, 2.45) is 5.92 Å². The van der Waals surface area contributed by atoms with Crippen molar-refractivity contribution in [3.8, 4) is 5.75 Å².